The Bertz CT molecular complexity index is 3800. The number of hydrogen-bond acceptors (Lipinski definition) is 12. The summed E-state index contributed by atoms with van der Waals surface area (Å²) in [6, 6.07) is 31.0. The van der Waals surface area contributed by atoms with Crippen LogP contribution in [0.25, 0.3) is 22.1 Å². The lowest BCUT2D eigenvalue weighted by molar-refractivity contribution is -0.140. The number of nitrogens with zero attached hydrogens (tertiary/aromatic N) is 8. The molecular formula is C65H66Cl2F2N8O8. The SMILES string of the molecule is O=C(O)CCc1ccc2c(c1)nc(CN1CCC(c3cccc(OCc4ccc(Cl)cc4F)n3)CC1)n2C[C@H]1OCC1c1cc(OCc2ccc(Cl)cc2F)nc(C2CCN(Cc3nc4cc(C5(C(=O)O)CC5)ccc4n3C[C@@H]3CCO3)CC2)c1. The fraction of sp³-hybridized carbons (Fsp3) is 0.415. The van der Waals surface area contributed by atoms with E-state index < -0.39 is 29.0 Å². The van der Waals surface area contributed by atoms with Crippen molar-refractivity contribution in [3.63, 3.8) is 0 Å². The molecule has 13 rings (SSSR count). The number of aromatic nitrogens is 6. The number of carbonyl (C=O) groups is 2. The van der Waals surface area contributed by atoms with Gasteiger partial charge in [-0.15, -0.1) is 0 Å². The summed E-state index contributed by atoms with van der Waals surface area (Å²) in [5.41, 5.74) is 8.08. The van der Waals surface area contributed by atoms with Crippen molar-refractivity contribution in [2.24, 2.45) is 0 Å². The van der Waals surface area contributed by atoms with Crippen molar-refractivity contribution >= 4 is 57.2 Å². The monoisotopic (exact) mass is 1190 g/mol. The Kier molecular flexibility index (Phi) is 16.4. The molecule has 0 radical (unpaired) electrons. The second-order valence-electron chi connectivity index (χ2n) is 23.6. The molecular weight excluding hydrogens is 1130 g/mol. The number of ether oxygens (including phenoxy) is 4. The molecule has 1 unspecified atom stereocenters. The van der Waals surface area contributed by atoms with Crippen molar-refractivity contribution in [2.75, 3.05) is 39.4 Å². The van der Waals surface area contributed by atoms with Crippen LogP contribution in [0.4, 0.5) is 8.78 Å². The van der Waals surface area contributed by atoms with Crippen molar-refractivity contribution in [3.8, 4) is 11.8 Å². The first-order chi connectivity index (χ1) is 41.3. The molecule has 4 saturated heterocycles. The van der Waals surface area contributed by atoms with Gasteiger partial charge in [-0.3, -0.25) is 19.4 Å². The van der Waals surface area contributed by atoms with Crippen molar-refractivity contribution in [2.45, 2.75) is 133 Å². The molecule has 4 aliphatic heterocycles. The number of aliphatic carboxylic acids is 2. The van der Waals surface area contributed by atoms with Gasteiger partial charge in [0, 0.05) is 75.5 Å². The highest BCUT2D eigenvalue weighted by Crippen LogP contribution is 2.49. The van der Waals surface area contributed by atoms with Crippen LogP contribution in [0.15, 0.2) is 103 Å². The summed E-state index contributed by atoms with van der Waals surface area (Å²) in [7, 11) is 0. The van der Waals surface area contributed by atoms with Gasteiger partial charge in [0.05, 0.1) is 72.5 Å². The number of fused-ring (bicyclic) bond motifs is 2. The first-order valence-electron chi connectivity index (χ1n) is 29.5. The fourth-order valence-corrected chi connectivity index (χ4v) is 13.0. The minimum absolute atomic E-state index is 0.0178. The third-order valence-electron chi connectivity index (χ3n) is 18.1. The molecule has 85 heavy (non-hydrogen) atoms. The lowest BCUT2D eigenvalue weighted by Crippen LogP contribution is -2.41. The van der Waals surface area contributed by atoms with E-state index >= 15 is 4.39 Å². The first-order valence-corrected chi connectivity index (χ1v) is 30.3. The summed E-state index contributed by atoms with van der Waals surface area (Å²) in [6.07, 6.45) is 5.95. The zero-order chi connectivity index (χ0) is 58.3. The maximum absolute atomic E-state index is 15.2. The summed E-state index contributed by atoms with van der Waals surface area (Å²) >= 11 is 12.1. The van der Waals surface area contributed by atoms with Gasteiger partial charge in [0.25, 0.3) is 0 Å². The van der Waals surface area contributed by atoms with E-state index in [1.54, 1.807) is 30.3 Å². The van der Waals surface area contributed by atoms with Crippen LogP contribution in [0.5, 0.6) is 11.8 Å². The predicted octanol–water partition coefficient (Wildman–Crippen LogP) is 11.8. The zero-order valence-electron chi connectivity index (χ0n) is 47.0. The molecule has 1 aliphatic carbocycles. The molecule has 3 atom stereocenters. The highest BCUT2D eigenvalue weighted by Gasteiger charge is 2.52. The van der Waals surface area contributed by atoms with Gasteiger partial charge in [-0.05, 0) is 155 Å². The Morgan fingerprint density at radius 2 is 1.25 bits per heavy atom. The van der Waals surface area contributed by atoms with Crippen molar-refractivity contribution in [1.29, 1.82) is 0 Å². The van der Waals surface area contributed by atoms with Crippen molar-refractivity contribution in [3.05, 3.63) is 176 Å². The number of rotatable bonds is 22. The second-order valence-corrected chi connectivity index (χ2v) is 24.4. The molecule has 16 nitrogen and oxygen atoms in total. The quantitative estimate of drug-likeness (QED) is 0.0654. The maximum Gasteiger partial charge on any atom is 0.314 e. The van der Waals surface area contributed by atoms with Gasteiger partial charge < -0.3 is 38.3 Å². The van der Waals surface area contributed by atoms with Gasteiger partial charge in [0.1, 0.15) is 36.5 Å². The highest BCUT2D eigenvalue weighted by atomic mass is 35.5. The largest absolute Gasteiger partial charge is 0.481 e. The van der Waals surface area contributed by atoms with Gasteiger partial charge in [-0.25, -0.2) is 28.7 Å². The normalized spacial score (nSPS) is 20.1. The Balaban J connectivity index is 0.723. The van der Waals surface area contributed by atoms with Gasteiger partial charge in [-0.2, -0.15) is 0 Å². The summed E-state index contributed by atoms with van der Waals surface area (Å²) in [5, 5.41) is 20.2. The third kappa shape index (κ3) is 12.5. The Labute approximate surface area is 500 Å². The van der Waals surface area contributed by atoms with E-state index in [4.69, 9.17) is 62.1 Å². The van der Waals surface area contributed by atoms with Gasteiger partial charge in [-0.1, -0.05) is 53.5 Å². The lowest BCUT2D eigenvalue weighted by Gasteiger charge is -2.39. The Morgan fingerprint density at radius 3 is 1.82 bits per heavy atom. The van der Waals surface area contributed by atoms with Crippen molar-refractivity contribution in [1.82, 2.24) is 38.9 Å². The topological polar surface area (TPSA) is 179 Å². The minimum Gasteiger partial charge on any atom is -0.481 e. The van der Waals surface area contributed by atoms with Crippen LogP contribution < -0.4 is 9.47 Å². The Hall–Kier alpha value is -7.06. The summed E-state index contributed by atoms with van der Waals surface area (Å²) < 4.78 is 58.9. The molecule has 4 aromatic carbocycles. The molecule has 442 valence electrons. The maximum atomic E-state index is 15.2. The lowest BCUT2D eigenvalue weighted by atomic mass is 9.86. The second kappa shape index (κ2) is 24.4. The first kappa shape index (κ1) is 57.0. The minimum atomic E-state index is -0.855. The van der Waals surface area contributed by atoms with Gasteiger partial charge in [0.2, 0.25) is 11.8 Å². The van der Waals surface area contributed by atoms with Crippen LogP contribution in [0.2, 0.25) is 10.0 Å². The number of carboxylic acids is 2. The van der Waals surface area contributed by atoms with Crippen LogP contribution in [0.1, 0.15) is 120 Å². The number of hydrogen-bond donors (Lipinski definition) is 2. The van der Waals surface area contributed by atoms with Crippen LogP contribution in [-0.2, 0) is 70.3 Å². The molecule has 0 spiro atoms. The number of imidazole rings is 2. The molecule has 20 heteroatoms. The summed E-state index contributed by atoms with van der Waals surface area (Å²) in [6.45, 7) is 6.87. The highest BCUT2D eigenvalue weighted by molar-refractivity contribution is 6.30. The Morgan fingerprint density at radius 1 is 0.647 bits per heavy atom. The zero-order valence-corrected chi connectivity index (χ0v) is 48.5. The fourth-order valence-electron chi connectivity index (χ4n) is 12.7. The average Bonchev–Trinajstić information content (AvgIpc) is 2.00. The van der Waals surface area contributed by atoms with Crippen LogP contribution in [0, 0.1) is 11.6 Å². The molecule has 5 fully saturated rings. The van der Waals surface area contributed by atoms with E-state index in [0.29, 0.717) is 85.0 Å². The average molecular weight is 1200 g/mol. The number of halogens is 4. The van der Waals surface area contributed by atoms with Crippen LogP contribution in [0.3, 0.4) is 0 Å². The number of aryl methyl sites for hydroxylation is 1. The number of pyridine rings is 2. The van der Waals surface area contributed by atoms with E-state index in [0.717, 1.165) is 127 Å². The van der Waals surface area contributed by atoms with Crippen LogP contribution in [-0.4, -0.2) is 113 Å². The smallest absolute Gasteiger partial charge is 0.314 e. The number of piperidine rings is 2. The van der Waals surface area contributed by atoms with E-state index in [2.05, 4.69) is 25.0 Å². The molecule has 1 saturated carbocycles. The molecule has 0 bridgehead atoms. The predicted molar refractivity (Wildman–Crippen MR) is 315 cm³/mol. The number of likely N-dealkylation sites (tertiary alicyclic amines) is 2. The molecule has 0 amide bonds. The summed E-state index contributed by atoms with van der Waals surface area (Å²) in [5.74, 6) is 0.451. The molecule has 5 aliphatic rings. The molecule has 8 aromatic rings. The van der Waals surface area contributed by atoms with Gasteiger partial charge >= 0.3 is 11.9 Å². The third-order valence-corrected chi connectivity index (χ3v) is 18.5. The molecule has 2 N–H and O–H groups in total. The van der Waals surface area contributed by atoms with E-state index in [1.165, 1.54) is 12.1 Å². The summed E-state index contributed by atoms with van der Waals surface area (Å²) in [4.78, 5) is 49.1. The van der Waals surface area contributed by atoms with E-state index in [-0.39, 0.29) is 49.6 Å². The van der Waals surface area contributed by atoms with Crippen LogP contribution >= 0.6 is 23.2 Å². The van der Waals surface area contributed by atoms with E-state index in [9.17, 15) is 24.2 Å². The standard InChI is InChI=1S/C65H66Cl2F2N8O8/c66-46-9-6-42(50(68)30-46)36-84-61-3-1-2-52(72-61)40-14-21-74(22-15-40)35-60-70-54-26-39(5-13-63(78)79)4-11-56(54)77(60)33-58-49(38-83-58)44-27-53(73-62(28-44)85-37-43-7-10-47(67)31-51(43)69)41-16-23-75(24-17-41)34-59-71-55-29-45(65(19-20-65)64(80)81)8-12-57(55)76(59)32-48-18-25-82-48/h1-4,6-12,26-31,40-41,48-49,58H,5,13-25,32-38H2,(H,78,79)(H,80,81)/t48-,49?,58+/m0/s1. The molecule has 4 aromatic heterocycles. The van der Waals surface area contributed by atoms with Crippen molar-refractivity contribution < 1.29 is 47.5 Å². The van der Waals surface area contributed by atoms with Gasteiger partial charge in [0.15, 0.2) is 0 Å². The number of carboxylic acid groups (broad SMARTS) is 2. The molecule has 8 heterocycles. The number of benzene rings is 4. The van der Waals surface area contributed by atoms with E-state index in [1.807, 2.05) is 54.6 Å².